The molecule has 0 aromatic heterocycles. The van der Waals surface area contributed by atoms with Gasteiger partial charge in [-0.1, -0.05) is 77.9 Å². The normalized spacial score (nSPS) is 24.2. The van der Waals surface area contributed by atoms with Gasteiger partial charge >= 0.3 is 6.18 Å². The van der Waals surface area contributed by atoms with Gasteiger partial charge in [0.2, 0.25) is 11.8 Å². The molecule has 37 heavy (non-hydrogen) atoms. The monoisotopic (exact) mass is 499 g/mol. The third kappa shape index (κ3) is 3.66. The number of carbonyl (C=O) groups is 2. The van der Waals surface area contributed by atoms with Crippen LogP contribution in [0.15, 0.2) is 90.5 Å². The van der Waals surface area contributed by atoms with Crippen LogP contribution in [-0.2, 0) is 15.8 Å². The second-order valence-electron chi connectivity index (χ2n) is 10.1. The van der Waals surface area contributed by atoms with Gasteiger partial charge in [0.15, 0.2) is 0 Å². The van der Waals surface area contributed by atoms with Crippen LogP contribution in [0.1, 0.15) is 27.8 Å². The molecule has 2 bridgehead atoms. The van der Waals surface area contributed by atoms with Crippen LogP contribution in [0, 0.1) is 37.5 Å². The van der Waals surface area contributed by atoms with E-state index in [0.717, 1.165) is 50.4 Å². The number of halogens is 3. The van der Waals surface area contributed by atoms with Crippen LogP contribution >= 0.6 is 0 Å². The van der Waals surface area contributed by atoms with Gasteiger partial charge in [-0.05, 0) is 54.3 Å². The molecule has 6 heteroatoms. The fourth-order valence-corrected chi connectivity index (χ4v) is 6.11. The number of hydrogen-bond acceptors (Lipinski definition) is 2. The molecule has 0 radical (unpaired) electrons. The van der Waals surface area contributed by atoms with Crippen molar-refractivity contribution >= 4 is 23.1 Å². The summed E-state index contributed by atoms with van der Waals surface area (Å²) in [6, 6.07) is 20.9. The van der Waals surface area contributed by atoms with Crippen molar-refractivity contribution in [2.45, 2.75) is 20.0 Å². The number of carbonyl (C=O) groups excluding carboxylic acids is 2. The molecule has 1 saturated heterocycles. The van der Waals surface area contributed by atoms with Crippen LogP contribution in [0.4, 0.5) is 18.9 Å². The molecule has 1 aliphatic heterocycles. The lowest BCUT2D eigenvalue weighted by Crippen LogP contribution is -2.33. The summed E-state index contributed by atoms with van der Waals surface area (Å²) in [6.45, 7) is 4.04. The highest BCUT2D eigenvalue weighted by atomic mass is 19.4. The Balaban J connectivity index is 1.46. The van der Waals surface area contributed by atoms with E-state index < -0.39 is 35.4 Å². The average Bonchev–Trinajstić information content (AvgIpc) is 3.50. The van der Waals surface area contributed by atoms with Crippen molar-refractivity contribution in [3.8, 4) is 0 Å². The van der Waals surface area contributed by atoms with Gasteiger partial charge in [0.25, 0.3) is 0 Å². The number of hydrogen-bond donors (Lipinski definition) is 0. The van der Waals surface area contributed by atoms with Gasteiger partial charge in [-0.15, -0.1) is 0 Å². The van der Waals surface area contributed by atoms with Crippen molar-refractivity contribution in [2.75, 3.05) is 4.90 Å². The molecule has 0 N–H and O–H groups in total. The molecule has 0 unspecified atom stereocenters. The summed E-state index contributed by atoms with van der Waals surface area (Å²) < 4.78 is 40.0. The van der Waals surface area contributed by atoms with Gasteiger partial charge in [-0.2, -0.15) is 13.2 Å². The Kier molecular flexibility index (Phi) is 5.26. The molecule has 1 heterocycles. The summed E-state index contributed by atoms with van der Waals surface area (Å²) in [5, 5.41) is 0. The maximum Gasteiger partial charge on any atom is 0.416 e. The molecular formula is C31H24F3NO2. The third-order valence-electron chi connectivity index (χ3n) is 7.82. The summed E-state index contributed by atoms with van der Waals surface area (Å²) in [5.74, 6) is -2.71. The van der Waals surface area contributed by atoms with E-state index in [1.54, 1.807) is 0 Å². The number of aryl methyl sites for hydroxylation is 2. The van der Waals surface area contributed by atoms with Gasteiger partial charge in [-0.3, -0.25) is 9.59 Å². The lowest BCUT2D eigenvalue weighted by molar-refractivity contribution is -0.137. The second kappa shape index (κ2) is 8.30. The summed E-state index contributed by atoms with van der Waals surface area (Å²) in [6.07, 6.45) is -0.583. The molecule has 0 spiro atoms. The lowest BCUT2D eigenvalue weighted by atomic mass is 9.85. The molecule has 2 amide bonds. The van der Waals surface area contributed by atoms with Crippen LogP contribution in [0.25, 0.3) is 5.57 Å². The Hall–Kier alpha value is -3.93. The highest BCUT2D eigenvalue weighted by Gasteiger charge is 2.62. The van der Waals surface area contributed by atoms with Gasteiger partial charge in [-0.25, -0.2) is 4.90 Å². The highest BCUT2D eigenvalue weighted by molar-refractivity contribution is 6.23. The molecule has 6 rings (SSSR count). The summed E-state index contributed by atoms with van der Waals surface area (Å²) >= 11 is 0. The lowest BCUT2D eigenvalue weighted by Gasteiger charge is -2.22. The smallest absolute Gasteiger partial charge is 0.274 e. The van der Waals surface area contributed by atoms with Gasteiger partial charge in [0.05, 0.1) is 23.1 Å². The van der Waals surface area contributed by atoms with Gasteiger partial charge in [0.1, 0.15) is 0 Å². The molecule has 3 nitrogen and oxygen atoms in total. The summed E-state index contributed by atoms with van der Waals surface area (Å²) in [4.78, 5) is 28.3. The number of nitrogens with zero attached hydrogens (tertiary/aromatic N) is 1. The summed E-state index contributed by atoms with van der Waals surface area (Å²) in [7, 11) is 0. The number of imide groups is 1. The van der Waals surface area contributed by atoms with E-state index in [2.05, 4.69) is 24.3 Å². The maximum absolute atomic E-state index is 13.6. The van der Waals surface area contributed by atoms with E-state index in [0.29, 0.717) is 0 Å². The van der Waals surface area contributed by atoms with Crippen molar-refractivity contribution in [1.82, 2.24) is 0 Å². The van der Waals surface area contributed by atoms with Crippen LogP contribution in [0.3, 0.4) is 0 Å². The summed E-state index contributed by atoms with van der Waals surface area (Å²) in [5.41, 5.74) is 5.42. The van der Waals surface area contributed by atoms with Crippen LogP contribution in [-0.4, -0.2) is 11.8 Å². The second-order valence-corrected chi connectivity index (χ2v) is 10.1. The van der Waals surface area contributed by atoms with E-state index >= 15 is 0 Å². The van der Waals surface area contributed by atoms with E-state index in [9.17, 15) is 22.8 Å². The SMILES string of the molecule is Cc1ccc(C(=C2[C@@H]3C=C[C@@H]2[C@H]2C(=O)N(c4cccc(C(F)(F)F)c4)C(=O)[C@@H]23)c2ccc(C)cc2)cc1. The van der Waals surface area contributed by atoms with Crippen LogP contribution in [0.2, 0.25) is 0 Å². The fraction of sp³-hybridized carbons (Fsp3) is 0.226. The zero-order chi connectivity index (χ0) is 26.1. The topological polar surface area (TPSA) is 37.4 Å². The number of alkyl halides is 3. The van der Waals surface area contributed by atoms with Crippen molar-refractivity contribution in [3.05, 3.63) is 118 Å². The Morgan fingerprint density at radius 2 is 1.22 bits per heavy atom. The molecule has 2 aliphatic carbocycles. The fourth-order valence-electron chi connectivity index (χ4n) is 6.11. The molecule has 3 aromatic rings. The molecule has 3 aromatic carbocycles. The predicted octanol–water partition coefficient (Wildman–Crippen LogP) is 6.75. The molecule has 4 atom stereocenters. The quantitative estimate of drug-likeness (QED) is 0.295. The van der Waals surface area contributed by atoms with E-state index in [1.807, 2.05) is 50.3 Å². The Labute approximate surface area is 212 Å². The minimum atomic E-state index is -4.56. The number of amides is 2. The van der Waals surface area contributed by atoms with E-state index in [4.69, 9.17) is 0 Å². The number of allylic oxidation sites excluding steroid dienone is 3. The number of rotatable bonds is 3. The zero-order valence-corrected chi connectivity index (χ0v) is 20.3. The van der Waals surface area contributed by atoms with Crippen LogP contribution in [0.5, 0.6) is 0 Å². The maximum atomic E-state index is 13.6. The third-order valence-corrected chi connectivity index (χ3v) is 7.82. The minimum Gasteiger partial charge on any atom is -0.274 e. The van der Waals surface area contributed by atoms with E-state index in [-0.39, 0.29) is 17.5 Å². The van der Waals surface area contributed by atoms with Gasteiger partial charge in [0, 0.05) is 11.8 Å². The van der Waals surface area contributed by atoms with Crippen molar-refractivity contribution < 1.29 is 22.8 Å². The number of benzene rings is 3. The highest BCUT2D eigenvalue weighted by Crippen LogP contribution is 2.59. The Morgan fingerprint density at radius 3 is 1.68 bits per heavy atom. The van der Waals surface area contributed by atoms with Crippen molar-refractivity contribution in [3.63, 3.8) is 0 Å². The molecule has 2 fully saturated rings. The predicted molar refractivity (Wildman–Crippen MR) is 135 cm³/mol. The Morgan fingerprint density at radius 1 is 0.730 bits per heavy atom. The first-order valence-electron chi connectivity index (χ1n) is 12.3. The van der Waals surface area contributed by atoms with Gasteiger partial charge < -0.3 is 0 Å². The Bertz CT molecular complexity index is 1400. The zero-order valence-electron chi connectivity index (χ0n) is 20.3. The number of fused-ring (bicyclic) bond motifs is 5. The van der Waals surface area contributed by atoms with Crippen molar-refractivity contribution in [2.24, 2.45) is 23.7 Å². The minimum absolute atomic E-state index is 0.0264. The molecule has 3 aliphatic rings. The standard InChI is InChI=1S/C31H24F3NO2/c1-17-6-10-19(11-7-17)25(20-12-8-18(2)9-13-20)26-23-14-15-24(26)28-27(23)29(36)35(30(28)37)22-5-3-4-21(16-22)31(32,33)34/h3-16,23-24,27-28H,1-2H3/t23-,24-,27+,28+/m0/s1. The van der Waals surface area contributed by atoms with Crippen LogP contribution < -0.4 is 4.90 Å². The first-order chi connectivity index (χ1) is 17.6. The molecule has 186 valence electrons. The first kappa shape index (κ1) is 23.5. The first-order valence-corrected chi connectivity index (χ1v) is 12.3. The van der Waals surface area contributed by atoms with E-state index in [1.165, 1.54) is 12.1 Å². The van der Waals surface area contributed by atoms with Crippen molar-refractivity contribution in [1.29, 1.82) is 0 Å². The number of anilines is 1. The molecule has 1 saturated carbocycles. The average molecular weight is 500 g/mol. The molecular weight excluding hydrogens is 475 g/mol. The largest absolute Gasteiger partial charge is 0.416 e.